The molecule has 0 bridgehead atoms. The van der Waals surface area contributed by atoms with Crippen LogP contribution in [0.15, 0.2) is 36.7 Å². The molecule has 0 radical (unpaired) electrons. The number of piperazine rings is 1. The summed E-state index contributed by atoms with van der Waals surface area (Å²) in [6.07, 6.45) is 3.99. The number of likely N-dealkylation sites (N-methyl/N-ethyl adjacent to an activating group) is 1. The topological polar surface area (TPSA) is 120 Å². The summed E-state index contributed by atoms with van der Waals surface area (Å²) in [4.78, 5) is 42.2. The van der Waals surface area contributed by atoms with Gasteiger partial charge in [-0.05, 0) is 37.7 Å². The van der Waals surface area contributed by atoms with Gasteiger partial charge in [-0.15, -0.1) is 0 Å². The molecule has 0 atom stereocenters. The predicted octanol–water partition coefficient (Wildman–Crippen LogP) is 1.72. The van der Waals surface area contributed by atoms with Crippen molar-refractivity contribution in [1.29, 1.82) is 0 Å². The van der Waals surface area contributed by atoms with Gasteiger partial charge in [0.2, 0.25) is 11.9 Å². The Morgan fingerprint density at radius 2 is 1.62 bits per heavy atom. The first-order valence-electron chi connectivity index (χ1n) is 13.4. The monoisotopic (exact) mass is 530 g/mol. The van der Waals surface area contributed by atoms with E-state index in [1.54, 1.807) is 22.2 Å². The molecule has 2 fully saturated rings. The van der Waals surface area contributed by atoms with E-state index in [9.17, 15) is 4.79 Å². The van der Waals surface area contributed by atoms with E-state index in [0.717, 1.165) is 48.7 Å². The number of urea groups is 1. The van der Waals surface area contributed by atoms with Crippen LogP contribution in [-0.2, 0) is 11.2 Å². The van der Waals surface area contributed by atoms with Gasteiger partial charge >= 0.3 is 6.03 Å². The number of anilines is 5. The number of carbonyl (C=O) groups excluding carboxylic acids is 1. The van der Waals surface area contributed by atoms with E-state index in [4.69, 9.17) is 20.4 Å². The zero-order chi connectivity index (χ0) is 26.9. The molecule has 204 valence electrons. The summed E-state index contributed by atoms with van der Waals surface area (Å²) in [5, 5.41) is 0. The SMILES string of the molecule is CN1CCN(c2ccc(N(C)C(=O)N3CCc4c(-c5cnc(N)nc5)nc(N5CCOCC5)nc43)cc2)CC1. The number of carbonyl (C=O) groups is 1. The Hall–Kier alpha value is -4.03. The summed E-state index contributed by atoms with van der Waals surface area (Å²) in [6.45, 7) is 7.20. The minimum Gasteiger partial charge on any atom is -0.378 e. The second kappa shape index (κ2) is 10.6. The number of rotatable bonds is 4. The molecule has 12 heteroatoms. The fourth-order valence-corrected chi connectivity index (χ4v) is 5.28. The summed E-state index contributed by atoms with van der Waals surface area (Å²) in [5.41, 5.74) is 10.1. The third-order valence-electron chi connectivity index (χ3n) is 7.68. The molecular weight excluding hydrogens is 496 g/mol. The quantitative estimate of drug-likeness (QED) is 0.534. The molecule has 3 aromatic rings. The molecule has 2 saturated heterocycles. The number of fused-ring (bicyclic) bond motifs is 1. The van der Waals surface area contributed by atoms with Crippen LogP contribution in [0.4, 0.5) is 33.9 Å². The number of nitrogen functional groups attached to an aromatic ring is 1. The van der Waals surface area contributed by atoms with E-state index in [1.807, 2.05) is 19.2 Å². The second-order valence-electron chi connectivity index (χ2n) is 10.2. The van der Waals surface area contributed by atoms with E-state index in [2.05, 4.69) is 43.8 Å². The van der Waals surface area contributed by atoms with Gasteiger partial charge in [-0.3, -0.25) is 9.80 Å². The van der Waals surface area contributed by atoms with Crippen molar-refractivity contribution in [2.75, 3.05) is 98.5 Å². The van der Waals surface area contributed by atoms with Gasteiger partial charge < -0.3 is 25.2 Å². The molecule has 2 amide bonds. The van der Waals surface area contributed by atoms with Gasteiger partial charge in [0.25, 0.3) is 0 Å². The number of hydrogen-bond donors (Lipinski definition) is 1. The van der Waals surface area contributed by atoms with Gasteiger partial charge in [0.15, 0.2) is 0 Å². The number of amides is 2. The molecule has 0 unspecified atom stereocenters. The molecule has 2 aromatic heterocycles. The number of nitrogens with zero attached hydrogens (tertiary/aromatic N) is 9. The Bertz CT molecular complexity index is 1320. The summed E-state index contributed by atoms with van der Waals surface area (Å²) < 4.78 is 5.53. The van der Waals surface area contributed by atoms with Crippen molar-refractivity contribution in [2.24, 2.45) is 0 Å². The molecule has 0 spiro atoms. The molecule has 3 aliphatic rings. The molecule has 5 heterocycles. The first-order valence-corrected chi connectivity index (χ1v) is 13.4. The van der Waals surface area contributed by atoms with Crippen LogP contribution in [0, 0.1) is 0 Å². The Balaban J connectivity index is 1.28. The summed E-state index contributed by atoms with van der Waals surface area (Å²) >= 11 is 0. The summed E-state index contributed by atoms with van der Waals surface area (Å²) in [6, 6.07) is 8.09. The molecule has 1 aromatic carbocycles. The normalized spacial score (nSPS) is 17.8. The lowest BCUT2D eigenvalue weighted by Gasteiger charge is -2.34. The van der Waals surface area contributed by atoms with Crippen molar-refractivity contribution in [1.82, 2.24) is 24.8 Å². The molecule has 0 aliphatic carbocycles. The number of benzene rings is 1. The number of hydrogen-bond acceptors (Lipinski definition) is 10. The highest BCUT2D eigenvalue weighted by atomic mass is 16.5. The van der Waals surface area contributed by atoms with Gasteiger partial charge in [-0.25, -0.2) is 19.7 Å². The maximum absolute atomic E-state index is 13.8. The highest BCUT2D eigenvalue weighted by Crippen LogP contribution is 2.36. The zero-order valence-electron chi connectivity index (χ0n) is 22.5. The summed E-state index contributed by atoms with van der Waals surface area (Å²) in [7, 11) is 3.96. The first-order chi connectivity index (χ1) is 19.0. The van der Waals surface area contributed by atoms with Gasteiger partial charge in [-0.2, -0.15) is 4.98 Å². The molecule has 12 nitrogen and oxygen atoms in total. The van der Waals surface area contributed by atoms with Crippen LogP contribution in [0.25, 0.3) is 11.3 Å². The van der Waals surface area contributed by atoms with Gasteiger partial charge in [0.1, 0.15) is 5.82 Å². The average Bonchev–Trinajstić information content (AvgIpc) is 3.41. The van der Waals surface area contributed by atoms with E-state index < -0.39 is 0 Å². The van der Waals surface area contributed by atoms with Crippen LogP contribution in [0.5, 0.6) is 0 Å². The number of aromatic nitrogens is 4. The van der Waals surface area contributed by atoms with Crippen molar-refractivity contribution in [3.63, 3.8) is 0 Å². The lowest BCUT2D eigenvalue weighted by Crippen LogP contribution is -2.44. The third-order valence-corrected chi connectivity index (χ3v) is 7.68. The van der Waals surface area contributed by atoms with Crippen LogP contribution in [0.2, 0.25) is 0 Å². The van der Waals surface area contributed by atoms with Crippen LogP contribution < -0.4 is 25.3 Å². The number of nitrogens with two attached hydrogens (primary N) is 1. The first kappa shape index (κ1) is 25.3. The van der Waals surface area contributed by atoms with E-state index >= 15 is 0 Å². The Morgan fingerprint density at radius 3 is 2.31 bits per heavy atom. The Kier molecular flexibility index (Phi) is 6.88. The average molecular weight is 531 g/mol. The molecular formula is C27H34N10O2. The maximum Gasteiger partial charge on any atom is 0.329 e. The zero-order valence-corrected chi connectivity index (χ0v) is 22.5. The second-order valence-corrected chi connectivity index (χ2v) is 10.2. The Morgan fingerprint density at radius 1 is 0.923 bits per heavy atom. The van der Waals surface area contributed by atoms with Gasteiger partial charge in [0, 0.05) is 87.8 Å². The Labute approximate surface area is 228 Å². The minimum absolute atomic E-state index is 0.132. The molecule has 2 N–H and O–H groups in total. The van der Waals surface area contributed by atoms with E-state index in [1.165, 1.54) is 5.69 Å². The third kappa shape index (κ3) is 5.04. The van der Waals surface area contributed by atoms with Gasteiger partial charge in [0.05, 0.1) is 18.9 Å². The summed E-state index contributed by atoms with van der Waals surface area (Å²) in [5.74, 6) is 1.40. The molecule has 3 aliphatic heterocycles. The number of morpholine rings is 1. The van der Waals surface area contributed by atoms with Crippen molar-refractivity contribution >= 4 is 35.1 Å². The lowest BCUT2D eigenvalue weighted by atomic mass is 10.1. The highest BCUT2D eigenvalue weighted by molar-refractivity contribution is 6.04. The van der Waals surface area contributed by atoms with E-state index in [-0.39, 0.29) is 12.0 Å². The molecule has 6 rings (SSSR count). The highest BCUT2D eigenvalue weighted by Gasteiger charge is 2.33. The van der Waals surface area contributed by atoms with Crippen LogP contribution >= 0.6 is 0 Å². The lowest BCUT2D eigenvalue weighted by molar-refractivity contribution is 0.122. The number of ether oxygens (including phenoxy) is 1. The standard InChI is InChI=1S/C27H34N10O2/c1-33-9-11-35(12-10-33)21-5-3-20(4-6-21)34(2)27(38)37-8-7-22-23(19-17-29-25(28)30-18-19)31-26(32-24(22)37)36-13-15-39-16-14-36/h3-6,17-18H,7-16H2,1-2H3,(H2,28,29,30). The van der Waals surface area contributed by atoms with Crippen LogP contribution in [0.3, 0.4) is 0 Å². The largest absolute Gasteiger partial charge is 0.378 e. The fourth-order valence-electron chi connectivity index (χ4n) is 5.28. The predicted molar refractivity (Wildman–Crippen MR) is 152 cm³/mol. The smallest absolute Gasteiger partial charge is 0.329 e. The molecule has 39 heavy (non-hydrogen) atoms. The van der Waals surface area contributed by atoms with Crippen molar-refractivity contribution < 1.29 is 9.53 Å². The fraction of sp³-hybridized carbons (Fsp3) is 0.444. The van der Waals surface area contributed by atoms with Crippen molar-refractivity contribution in [3.8, 4) is 11.3 Å². The van der Waals surface area contributed by atoms with Crippen molar-refractivity contribution in [2.45, 2.75) is 6.42 Å². The molecule has 0 saturated carbocycles. The minimum atomic E-state index is -0.132. The van der Waals surface area contributed by atoms with E-state index in [0.29, 0.717) is 51.0 Å². The maximum atomic E-state index is 13.8. The van der Waals surface area contributed by atoms with Crippen LogP contribution in [0.1, 0.15) is 5.56 Å². The van der Waals surface area contributed by atoms with Gasteiger partial charge in [-0.1, -0.05) is 0 Å². The van der Waals surface area contributed by atoms with Crippen molar-refractivity contribution in [3.05, 3.63) is 42.2 Å². The van der Waals surface area contributed by atoms with Crippen LogP contribution in [-0.4, -0.2) is 104 Å².